The van der Waals surface area contributed by atoms with Crippen LogP contribution in [0, 0.1) is 17.2 Å². The molecule has 0 N–H and O–H groups in total. The highest BCUT2D eigenvalue weighted by Gasteiger charge is 2.36. The van der Waals surface area contributed by atoms with E-state index < -0.39 is 0 Å². The number of benzene rings is 8. The fourth-order valence-corrected chi connectivity index (χ4v) is 10.6. The first-order chi connectivity index (χ1) is 30.0. The molecular formula is C58H40N2O. The molecule has 12 rings (SSSR count). The molecule has 8 aromatic carbocycles. The smallest absolute Gasteiger partial charge is 0.135 e. The fourth-order valence-electron chi connectivity index (χ4n) is 10.6. The van der Waals surface area contributed by atoms with E-state index in [1.54, 1.807) is 0 Å². The second-order valence-electron chi connectivity index (χ2n) is 17.1. The van der Waals surface area contributed by atoms with E-state index in [0.29, 0.717) is 11.5 Å². The third-order valence-electron chi connectivity index (χ3n) is 13.5. The molecule has 1 heterocycles. The summed E-state index contributed by atoms with van der Waals surface area (Å²) in [6, 6.07) is 57.2. The van der Waals surface area contributed by atoms with E-state index in [2.05, 4.69) is 201 Å². The molecule has 0 fully saturated rings. The quantitative estimate of drug-likeness (QED) is 0.163. The van der Waals surface area contributed by atoms with Gasteiger partial charge in [0.05, 0.1) is 11.6 Å². The first-order valence-electron chi connectivity index (χ1n) is 21.1. The van der Waals surface area contributed by atoms with Crippen LogP contribution in [0.1, 0.15) is 42.0 Å². The summed E-state index contributed by atoms with van der Waals surface area (Å²) in [5, 5.41) is 17.1. The molecule has 2 unspecified atom stereocenters. The monoisotopic (exact) mass is 780 g/mol. The van der Waals surface area contributed by atoms with Gasteiger partial charge in [-0.3, -0.25) is 0 Å². The van der Waals surface area contributed by atoms with Crippen LogP contribution in [0.4, 0.5) is 17.1 Å². The number of nitrogens with zero attached hydrogens (tertiary/aromatic N) is 2. The zero-order chi connectivity index (χ0) is 40.8. The Morgan fingerprint density at radius 1 is 0.541 bits per heavy atom. The maximum absolute atomic E-state index is 9.78. The number of para-hydroxylation sites is 1. The lowest BCUT2D eigenvalue weighted by molar-refractivity contribution is 0.660. The van der Waals surface area contributed by atoms with Crippen molar-refractivity contribution in [2.45, 2.75) is 25.2 Å². The lowest BCUT2D eigenvalue weighted by Gasteiger charge is -2.30. The van der Waals surface area contributed by atoms with Gasteiger partial charge in [-0.15, -0.1) is 0 Å². The Morgan fingerprint density at radius 2 is 1.15 bits per heavy atom. The van der Waals surface area contributed by atoms with Gasteiger partial charge in [0, 0.05) is 45.1 Å². The molecule has 3 heteroatoms. The molecule has 0 amide bonds. The van der Waals surface area contributed by atoms with Crippen molar-refractivity contribution in [2.75, 3.05) is 4.90 Å². The molecule has 0 bridgehead atoms. The molecule has 9 aromatic rings. The van der Waals surface area contributed by atoms with E-state index in [1.807, 2.05) is 18.2 Å². The van der Waals surface area contributed by atoms with Gasteiger partial charge in [-0.2, -0.15) is 5.26 Å². The zero-order valence-electron chi connectivity index (χ0n) is 33.9. The van der Waals surface area contributed by atoms with Crippen LogP contribution in [0.3, 0.4) is 0 Å². The second kappa shape index (κ2) is 13.4. The SMILES string of the molecule is CC1(C)c2cc(C#N)ccc2-c2ccc(N(c3ccc(-c4c5ccccc5c(C5C=CC=C6C=CC=CC65)c5ccccc45)cc3)c3ccc4oc5ccccc5c4c3)cc21. The molecule has 2 atom stereocenters. The number of rotatable bonds is 5. The van der Waals surface area contributed by atoms with Crippen LogP contribution < -0.4 is 4.90 Å². The van der Waals surface area contributed by atoms with Crippen molar-refractivity contribution >= 4 is 60.5 Å². The predicted octanol–water partition coefficient (Wildman–Crippen LogP) is 15.5. The van der Waals surface area contributed by atoms with Crippen molar-refractivity contribution in [2.24, 2.45) is 5.92 Å². The lowest BCUT2D eigenvalue weighted by atomic mass is 9.73. The van der Waals surface area contributed by atoms with E-state index in [9.17, 15) is 5.26 Å². The molecule has 0 saturated carbocycles. The average molecular weight is 781 g/mol. The van der Waals surface area contributed by atoms with Crippen molar-refractivity contribution in [1.82, 2.24) is 0 Å². The van der Waals surface area contributed by atoms with Crippen LogP contribution in [0.2, 0.25) is 0 Å². The highest BCUT2D eigenvalue weighted by Crippen LogP contribution is 2.52. The maximum Gasteiger partial charge on any atom is 0.135 e. The highest BCUT2D eigenvalue weighted by atomic mass is 16.3. The second-order valence-corrected chi connectivity index (χ2v) is 17.1. The zero-order valence-corrected chi connectivity index (χ0v) is 33.9. The maximum atomic E-state index is 9.78. The average Bonchev–Trinajstić information content (AvgIpc) is 3.79. The van der Waals surface area contributed by atoms with E-state index in [1.165, 1.54) is 66.1 Å². The molecule has 0 saturated heterocycles. The number of nitriles is 1. The fraction of sp³-hybridized carbons (Fsp3) is 0.0862. The van der Waals surface area contributed by atoms with Crippen LogP contribution >= 0.6 is 0 Å². The summed E-state index contributed by atoms with van der Waals surface area (Å²) in [6.45, 7) is 4.54. The van der Waals surface area contributed by atoms with Gasteiger partial charge in [0.2, 0.25) is 0 Å². The Kier molecular flexibility index (Phi) is 7.77. The molecule has 3 aliphatic rings. The molecule has 0 radical (unpaired) electrons. The lowest BCUT2D eigenvalue weighted by Crippen LogP contribution is -2.16. The van der Waals surface area contributed by atoms with Crippen molar-refractivity contribution in [3.05, 3.63) is 222 Å². The summed E-state index contributed by atoms with van der Waals surface area (Å²) in [5.41, 5.74) is 15.4. The van der Waals surface area contributed by atoms with E-state index in [-0.39, 0.29) is 11.3 Å². The van der Waals surface area contributed by atoms with Gasteiger partial charge in [0.15, 0.2) is 0 Å². The van der Waals surface area contributed by atoms with Crippen molar-refractivity contribution in [3.8, 4) is 28.3 Å². The Balaban J connectivity index is 1.03. The van der Waals surface area contributed by atoms with Crippen LogP contribution in [-0.2, 0) is 5.41 Å². The van der Waals surface area contributed by atoms with E-state index in [4.69, 9.17) is 4.42 Å². The number of hydrogen-bond acceptors (Lipinski definition) is 3. The summed E-state index contributed by atoms with van der Waals surface area (Å²) >= 11 is 0. The van der Waals surface area contributed by atoms with Gasteiger partial charge in [0.25, 0.3) is 0 Å². The highest BCUT2D eigenvalue weighted by molar-refractivity contribution is 6.15. The first kappa shape index (κ1) is 35.3. The van der Waals surface area contributed by atoms with Gasteiger partial charge < -0.3 is 9.32 Å². The Labute approximate surface area is 355 Å². The van der Waals surface area contributed by atoms with E-state index in [0.717, 1.165) is 39.0 Å². The molecule has 3 nitrogen and oxygen atoms in total. The van der Waals surface area contributed by atoms with Gasteiger partial charge in [0.1, 0.15) is 11.2 Å². The molecule has 3 aliphatic carbocycles. The van der Waals surface area contributed by atoms with Crippen LogP contribution in [0.25, 0.3) is 65.7 Å². The largest absolute Gasteiger partial charge is 0.456 e. The third kappa shape index (κ3) is 5.36. The van der Waals surface area contributed by atoms with Crippen LogP contribution in [0.5, 0.6) is 0 Å². The standard InChI is InChI=1S/C58H40N2O/c1-58(2)52-32-36(35-59)22-29-43(52)44-30-27-41(34-53(44)58)60(40-28-31-55-51(33-40)45-15-9-10-21-54(45)61-55)39-25-23-38(24-26-39)56-47-16-5-7-18-49(47)57(50-19-8-6-17-48(50)56)46-20-11-13-37-12-3-4-14-42(37)46/h3-34,42,46H,1-2H3. The predicted molar refractivity (Wildman–Crippen MR) is 253 cm³/mol. The van der Waals surface area contributed by atoms with Crippen LogP contribution in [0.15, 0.2) is 204 Å². The molecular weight excluding hydrogens is 741 g/mol. The first-order valence-corrected chi connectivity index (χ1v) is 21.1. The summed E-state index contributed by atoms with van der Waals surface area (Å²) < 4.78 is 6.30. The molecule has 288 valence electrons. The van der Waals surface area contributed by atoms with Gasteiger partial charge in [-0.1, -0.05) is 147 Å². The Morgan fingerprint density at radius 3 is 1.90 bits per heavy atom. The van der Waals surface area contributed by atoms with Gasteiger partial charge in [-0.25, -0.2) is 0 Å². The number of anilines is 3. The Hall–Kier alpha value is -7.67. The summed E-state index contributed by atoms with van der Waals surface area (Å²) in [5.74, 6) is 0.523. The minimum atomic E-state index is -0.280. The minimum Gasteiger partial charge on any atom is -0.456 e. The Bertz CT molecular complexity index is 3420. The van der Waals surface area contributed by atoms with Crippen LogP contribution in [-0.4, -0.2) is 0 Å². The number of furan rings is 1. The molecule has 61 heavy (non-hydrogen) atoms. The summed E-state index contributed by atoms with van der Waals surface area (Å²) in [6.07, 6.45) is 15.8. The van der Waals surface area contributed by atoms with Gasteiger partial charge >= 0.3 is 0 Å². The minimum absolute atomic E-state index is 0.226. The van der Waals surface area contributed by atoms with Gasteiger partial charge in [-0.05, 0) is 127 Å². The van der Waals surface area contributed by atoms with E-state index >= 15 is 0 Å². The van der Waals surface area contributed by atoms with Crippen molar-refractivity contribution in [1.29, 1.82) is 5.26 Å². The number of fused-ring (bicyclic) bond motifs is 9. The third-order valence-corrected chi connectivity index (χ3v) is 13.5. The molecule has 0 aliphatic heterocycles. The normalized spacial score (nSPS) is 17.0. The topological polar surface area (TPSA) is 40.2 Å². The molecule has 1 aromatic heterocycles. The van der Waals surface area contributed by atoms with Crippen molar-refractivity contribution in [3.63, 3.8) is 0 Å². The number of hydrogen-bond donors (Lipinski definition) is 0. The summed E-state index contributed by atoms with van der Waals surface area (Å²) in [7, 11) is 0. The van der Waals surface area contributed by atoms with Crippen molar-refractivity contribution < 1.29 is 4.42 Å². The number of allylic oxidation sites excluding steroid dienone is 8. The molecule has 0 spiro atoms. The summed E-state index contributed by atoms with van der Waals surface area (Å²) in [4.78, 5) is 2.37.